The van der Waals surface area contributed by atoms with Gasteiger partial charge in [-0.1, -0.05) is 12.7 Å². The molecule has 0 aliphatic carbocycles. The quantitative estimate of drug-likeness (QED) is 0.585. The molecule has 1 fully saturated rings. The maximum Gasteiger partial charge on any atom is 0.433 e. The Hall–Kier alpha value is -2.49. The van der Waals surface area contributed by atoms with Gasteiger partial charge < -0.3 is 9.64 Å². The predicted molar refractivity (Wildman–Crippen MR) is 96.4 cm³/mol. The third kappa shape index (κ3) is 3.80. The zero-order valence-corrected chi connectivity index (χ0v) is 15.3. The van der Waals surface area contributed by atoms with E-state index < -0.39 is 11.9 Å². The van der Waals surface area contributed by atoms with Crippen LogP contribution in [-0.2, 0) is 10.9 Å². The molecule has 10 heteroatoms. The molecule has 144 valence electrons. The van der Waals surface area contributed by atoms with Gasteiger partial charge in [0, 0.05) is 24.6 Å². The van der Waals surface area contributed by atoms with Crippen LogP contribution in [0.1, 0.15) is 21.7 Å². The molecule has 27 heavy (non-hydrogen) atoms. The summed E-state index contributed by atoms with van der Waals surface area (Å²) in [6.45, 7) is 4.59. The van der Waals surface area contributed by atoms with Crippen molar-refractivity contribution in [3.8, 4) is 0 Å². The summed E-state index contributed by atoms with van der Waals surface area (Å²) in [4.78, 5) is 18.6. The van der Waals surface area contributed by atoms with Crippen LogP contribution >= 0.6 is 11.8 Å². The molecule has 1 aliphatic rings. The van der Waals surface area contributed by atoms with Crippen LogP contribution in [0, 0.1) is 0 Å². The van der Waals surface area contributed by atoms with Gasteiger partial charge in [-0.3, -0.25) is 4.79 Å². The zero-order chi connectivity index (χ0) is 19.6. The summed E-state index contributed by atoms with van der Waals surface area (Å²) in [5, 5.41) is 3.77. The Bertz CT molecular complexity index is 901. The topological polar surface area (TPSA) is 59.7 Å². The molecule has 2 aromatic rings. The van der Waals surface area contributed by atoms with Gasteiger partial charge in [0.2, 0.25) is 0 Å². The lowest BCUT2D eigenvalue weighted by atomic mass is 10.2. The highest BCUT2D eigenvalue weighted by molar-refractivity contribution is 7.99. The molecule has 0 bridgehead atoms. The number of hydrogen-bond acceptors (Lipinski definition) is 5. The summed E-state index contributed by atoms with van der Waals surface area (Å²) in [5.74, 6) is 1.29. The molecule has 1 amide bonds. The number of carbonyl (C=O) groups is 1. The lowest BCUT2D eigenvalue weighted by Gasteiger charge is -2.25. The van der Waals surface area contributed by atoms with E-state index in [4.69, 9.17) is 4.74 Å². The number of methoxy groups -OCH3 is 1. The first kappa shape index (κ1) is 19.3. The van der Waals surface area contributed by atoms with E-state index in [1.165, 1.54) is 19.3 Å². The summed E-state index contributed by atoms with van der Waals surface area (Å²) in [7, 11) is 1.32. The van der Waals surface area contributed by atoms with E-state index in [9.17, 15) is 18.0 Å². The lowest BCUT2D eigenvalue weighted by molar-refractivity contribution is -0.142. The van der Waals surface area contributed by atoms with E-state index in [1.807, 2.05) is 0 Å². The first-order valence-electron chi connectivity index (χ1n) is 8.07. The second-order valence-electron chi connectivity index (χ2n) is 5.69. The molecular formula is C17H17F3N4O2S. The monoisotopic (exact) mass is 398 g/mol. The van der Waals surface area contributed by atoms with Crippen LogP contribution in [0.15, 0.2) is 31.0 Å². The molecule has 0 N–H and O–H groups in total. The van der Waals surface area contributed by atoms with Crippen LogP contribution < -0.4 is 0 Å². The number of alkyl halides is 3. The van der Waals surface area contributed by atoms with E-state index >= 15 is 0 Å². The Kier molecular flexibility index (Phi) is 5.45. The van der Waals surface area contributed by atoms with Crippen LogP contribution in [0.4, 0.5) is 13.2 Å². The molecule has 6 nitrogen and oxygen atoms in total. The number of nitrogens with zero attached hydrogens (tertiary/aromatic N) is 4. The van der Waals surface area contributed by atoms with Crippen LogP contribution in [0.25, 0.3) is 11.4 Å². The number of hydrogen-bond donors (Lipinski definition) is 0. The molecule has 1 saturated heterocycles. The summed E-state index contributed by atoms with van der Waals surface area (Å²) in [6, 6.07) is 0.838. The molecule has 2 aromatic heterocycles. The molecule has 3 rings (SSSR count). The number of ether oxygens (including phenoxy) is 1. The number of rotatable bonds is 4. The highest BCUT2D eigenvalue weighted by atomic mass is 32.2. The molecule has 1 aliphatic heterocycles. The third-order valence-corrected chi connectivity index (χ3v) is 4.98. The third-order valence-electron chi connectivity index (χ3n) is 4.03. The normalized spacial score (nSPS) is 15.9. The molecule has 0 atom stereocenters. The van der Waals surface area contributed by atoms with Crippen molar-refractivity contribution in [3.63, 3.8) is 0 Å². The Morgan fingerprint density at radius 1 is 1.37 bits per heavy atom. The maximum atomic E-state index is 13.5. The molecule has 0 saturated carbocycles. The predicted octanol–water partition coefficient (Wildman–Crippen LogP) is 3.11. The van der Waals surface area contributed by atoms with Crippen molar-refractivity contribution in [3.05, 3.63) is 47.9 Å². The Labute approximate surface area is 157 Å². The molecule has 0 radical (unpaired) electrons. The van der Waals surface area contributed by atoms with Gasteiger partial charge >= 0.3 is 6.18 Å². The minimum absolute atomic E-state index is 0.0308. The fraction of sp³-hybridized carbons (Fsp3) is 0.353. The van der Waals surface area contributed by atoms with Gasteiger partial charge in [-0.05, 0) is 12.1 Å². The van der Waals surface area contributed by atoms with Gasteiger partial charge in [-0.2, -0.15) is 30.0 Å². The highest BCUT2D eigenvalue weighted by Crippen LogP contribution is 2.32. The van der Waals surface area contributed by atoms with E-state index in [2.05, 4.69) is 16.7 Å². The van der Waals surface area contributed by atoms with Crippen molar-refractivity contribution in [2.45, 2.75) is 6.18 Å². The summed E-state index contributed by atoms with van der Waals surface area (Å²) >= 11 is 1.73. The van der Waals surface area contributed by atoms with Gasteiger partial charge in [0.1, 0.15) is 17.0 Å². The number of allylic oxidation sites excluding steroid dienone is 2. The van der Waals surface area contributed by atoms with Crippen LogP contribution in [0.3, 0.4) is 0 Å². The summed E-state index contributed by atoms with van der Waals surface area (Å²) in [5.41, 5.74) is -1.22. The largest absolute Gasteiger partial charge is 0.494 e. The SMILES string of the molecule is C=C/C=C(\OC)c1cc(C(F)(F)F)n2ncc(C(=O)N3CCSCC3)c2n1. The Balaban J connectivity index is 2.18. The number of amides is 1. The van der Waals surface area contributed by atoms with Crippen molar-refractivity contribution in [1.82, 2.24) is 19.5 Å². The van der Waals surface area contributed by atoms with Crippen LogP contribution in [0.2, 0.25) is 0 Å². The van der Waals surface area contributed by atoms with Crippen LogP contribution in [-0.4, -0.2) is 57.1 Å². The van der Waals surface area contributed by atoms with Crippen LogP contribution in [0.5, 0.6) is 0 Å². The number of fused-ring (bicyclic) bond motifs is 1. The maximum absolute atomic E-state index is 13.5. The fourth-order valence-corrected chi connectivity index (χ4v) is 3.65. The number of aromatic nitrogens is 3. The first-order chi connectivity index (χ1) is 12.9. The number of halogens is 3. The zero-order valence-electron chi connectivity index (χ0n) is 14.5. The second-order valence-corrected chi connectivity index (χ2v) is 6.92. The molecular weight excluding hydrogens is 381 g/mol. The van der Waals surface area contributed by atoms with Gasteiger partial charge in [0.25, 0.3) is 5.91 Å². The first-order valence-corrected chi connectivity index (χ1v) is 9.22. The molecule has 0 spiro atoms. The van der Waals surface area contributed by atoms with E-state index in [0.717, 1.165) is 23.8 Å². The fourth-order valence-electron chi connectivity index (χ4n) is 2.74. The van der Waals surface area contributed by atoms with E-state index in [1.54, 1.807) is 16.7 Å². The number of thioether (sulfide) groups is 1. The smallest absolute Gasteiger partial charge is 0.433 e. The van der Waals surface area contributed by atoms with Crippen molar-refractivity contribution in [2.24, 2.45) is 0 Å². The summed E-state index contributed by atoms with van der Waals surface area (Å²) in [6.07, 6.45) is -0.767. The van der Waals surface area contributed by atoms with Crippen molar-refractivity contribution in [2.75, 3.05) is 31.7 Å². The Morgan fingerprint density at radius 3 is 2.67 bits per heavy atom. The van der Waals surface area contributed by atoms with Crippen molar-refractivity contribution >= 4 is 29.1 Å². The van der Waals surface area contributed by atoms with Crippen molar-refractivity contribution < 1.29 is 22.7 Å². The van der Waals surface area contributed by atoms with Gasteiger partial charge in [-0.25, -0.2) is 9.50 Å². The van der Waals surface area contributed by atoms with Crippen molar-refractivity contribution in [1.29, 1.82) is 0 Å². The molecule has 3 heterocycles. The van der Waals surface area contributed by atoms with Gasteiger partial charge in [0.15, 0.2) is 11.3 Å². The van der Waals surface area contributed by atoms with Gasteiger partial charge in [-0.15, -0.1) is 0 Å². The minimum Gasteiger partial charge on any atom is -0.494 e. The van der Waals surface area contributed by atoms with E-state index in [0.29, 0.717) is 17.6 Å². The standard InChI is InChI=1S/C17H17F3N4O2S/c1-3-4-13(26-2)12-9-14(17(18,19)20)24-15(22-12)11(10-21-24)16(25)23-5-7-27-8-6-23/h3-4,9-10H,1,5-8H2,2H3/b13-4-. The average Bonchev–Trinajstić information content (AvgIpc) is 3.08. The number of carbonyl (C=O) groups excluding carboxylic acids is 1. The second kappa shape index (κ2) is 7.63. The average molecular weight is 398 g/mol. The Morgan fingerprint density at radius 2 is 2.07 bits per heavy atom. The van der Waals surface area contributed by atoms with E-state index in [-0.39, 0.29) is 28.6 Å². The molecule has 0 aromatic carbocycles. The lowest BCUT2D eigenvalue weighted by Crippen LogP contribution is -2.37. The minimum atomic E-state index is -4.68. The summed E-state index contributed by atoms with van der Waals surface area (Å²) < 4.78 is 46.4. The highest BCUT2D eigenvalue weighted by Gasteiger charge is 2.36. The molecule has 0 unspecified atom stereocenters. The van der Waals surface area contributed by atoms with Gasteiger partial charge in [0.05, 0.1) is 13.3 Å².